The van der Waals surface area contributed by atoms with E-state index < -0.39 is 18.1 Å². The number of amides is 2. The second-order valence-electron chi connectivity index (χ2n) is 10.9. The Morgan fingerprint density at radius 3 is 2.14 bits per heavy atom. The van der Waals surface area contributed by atoms with Crippen LogP contribution in [0.5, 0.6) is 34.5 Å². The number of nitrogens with one attached hydrogen (secondary N) is 1. The van der Waals surface area contributed by atoms with Gasteiger partial charge in [0.15, 0.2) is 23.0 Å². The number of ether oxygens (including phenoxy) is 6. The maximum atomic E-state index is 14.5. The molecule has 44 heavy (non-hydrogen) atoms. The fraction of sp³-hybridized carbons (Fsp3) is 0.412. The Morgan fingerprint density at radius 1 is 0.864 bits per heavy atom. The molecular formula is C34H40N2O8. The van der Waals surface area contributed by atoms with Crippen LogP contribution >= 0.6 is 0 Å². The zero-order valence-corrected chi connectivity index (χ0v) is 25.7. The molecule has 3 aromatic rings. The van der Waals surface area contributed by atoms with Crippen LogP contribution in [0.4, 0.5) is 0 Å². The van der Waals surface area contributed by atoms with Crippen LogP contribution < -0.4 is 33.7 Å². The molecule has 1 aliphatic heterocycles. The predicted octanol–water partition coefficient (Wildman–Crippen LogP) is 5.08. The summed E-state index contributed by atoms with van der Waals surface area (Å²) in [6, 6.07) is 17.0. The molecule has 2 atom stereocenters. The average Bonchev–Trinajstić information content (AvgIpc) is 3.07. The molecular weight excluding hydrogens is 564 g/mol. The van der Waals surface area contributed by atoms with Crippen LogP contribution in [0.25, 0.3) is 0 Å². The van der Waals surface area contributed by atoms with Gasteiger partial charge in [-0.2, -0.15) is 0 Å². The molecule has 0 radical (unpaired) electrons. The molecule has 5 rings (SSSR count). The summed E-state index contributed by atoms with van der Waals surface area (Å²) in [4.78, 5) is 30.4. The van der Waals surface area contributed by atoms with Gasteiger partial charge >= 0.3 is 0 Å². The molecule has 0 spiro atoms. The van der Waals surface area contributed by atoms with Crippen LogP contribution in [0.2, 0.25) is 0 Å². The van der Waals surface area contributed by atoms with Crippen LogP contribution in [-0.4, -0.2) is 63.9 Å². The number of fused-ring (bicyclic) bond motifs is 1. The summed E-state index contributed by atoms with van der Waals surface area (Å²) in [5.41, 5.74) is 1.31. The third-order valence-electron chi connectivity index (χ3n) is 8.09. The van der Waals surface area contributed by atoms with E-state index in [0.29, 0.717) is 40.1 Å². The Kier molecular flexibility index (Phi) is 9.99. The smallest absolute Gasteiger partial charge is 0.268 e. The zero-order chi connectivity index (χ0) is 31.1. The van der Waals surface area contributed by atoms with Gasteiger partial charge in [0.2, 0.25) is 17.8 Å². The van der Waals surface area contributed by atoms with E-state index in [9.17, 15) is 9.59 Å². The molecule has 1 aliphatic carbocycles. The van der Waals surface area contributed by atoms with Gasteiger partial charge in [-0.25, -0.2) is 0 Å². The quantitative estimate of drug-likeness (QED) is 0.323. The molecule has 234 valence electrons. The van der Waals surface area contributed by atoms with Crippen molar-refractivity contribution in [2.24, 2.45) is 0 Å². The minimum Gasteiger partial charge on any atom is -0.497 e. The van der Waals surface area contributed by atoms with Crippen molar-refractivity contribution in [3.8, 4) is 34.5 Å². The number of carbonyl (C=O) groups is 2. The molecule has 1 saturated carbocycles. The number of para-hydroxylation sites is 2. The van der Waals surface area contributed by atoms with E-state index in [4.69, 9.17) is 28.4 Å². The van der Waals surface area contributed by atoms with E-state index >= 15 is 0 Å². The molecule has 10 heteroatoms. The fourth-order valence-electron chi connectivity index (χ4n) is 5.81. The standard InChI is InChI=1S/C34H40N2O8/c1-39-25-16-14-22(15-17-25)20-36(34(38)30-21-43-26-12-8-9-13-27(26)44-30)31(33(37)35-24-10-6-5-7-11-24)23-18-28(40-2)32(42-4)29(19-23)41-3/h8-9,12-19,24,30-31H,5-7,10-11,20-21H2,1-4H3,(H,35,37)/t30-,31+/m0/s1. The lowest BCUT2D eigenvalue weighted by Crippen LogP contribution is -2.52. The van der Waals surface area contributed by atoms with Crippen molar-refractivity contribution in [2.45, 2.75) is 56.8 Å². The van der Waals surface area contributed by atoms with Crippen LogP contribution in [0.3, 0.4) is 0 Å². The summed E-state index contributed by atoms with van der Waals surface area (Å²) in [7, 11) is 6.15. The molecule has 3 aromatic carbocycles. The van der Waals surface area contributed by atoms with Crippen molar-refractivity contribution in [1.82, 2.24) is 10.2 Å². The van der Waals surface area contributed by atoms with E-state index in [0.717, 1.165) is 37.7 Å². The summed E-state index contributed by atoms with van der Waals surface area (Å²) in [5.74, 6) is 2.16. The first-order chi connectivity index (χ1) is 21.4. The topological polar surface area (TPSA) is 105 Å². The van der Waals surface area contributed by atoms with Crippen LogP contribution in [0.1, 0.15) is 49.3 Å². The van der Waals surface area contributed by atoms with Crippen molar-refractivity contribution < 1.29 is 38.0 Å². The van der Waals surface area contributed by atoms with Gasteiger partial charge in [0.1, 0.15) is 18.4 Å². The summed E-state index contributed by atoms with van der Waals surface area (Å²) in [5, 5.41) is 3.24. The number of rotatable bonds is 11. The first-order valence-corrected chi connectivity index (χ1v) is 14.9. The van der Waals surface area contributed by atoms with E-state index in [2.05, 4.69) is 5.32 Å². The van der Waals surface area contributed by atoms with Crippen molar-refractivity contribution in [2.75, 3.05) is 35.0 Å². The maximum absolute atomic E-state index is 14.5. The number of nitrogens with zero attached hydrogens (tertiary/aromatic N) is 1. The van der Waals surface area contributed by atoms with Crippen LogP contribution in [0.15, 0.2) is 60.7 Å². The first kappa shape index (κ1) is 30.8. The number of methoxy groups -OCH3 is 4. The zero-order valence-electron chi connectivity index (χ0n) is 25.7. The van der Waals surface area contributed by atoms with Gasteiger partial charge in [-0.3, -0.25) is 9.59 Å². The predicted molar refractivity (Wildman–Crippen MR) is 164 cm³/mol. The summed E-state index contributed by atoms with van der Waals surface area (Å²) in [6.07, 6.45) is 4.02. The second-order valence-corrected chi connectivity index (χ2v) is 10.9. The molecule has 1 fully saturated rings. The number of hydrogen-bond acceptors (Lipinski definition) is 8. The molecule has 10 nitrogen and oxygen atoms in total. The summed E-state index contributed by atoms with van der Waals surface area (Å²) >= 11 is 0. The molecule has 0 unspecified atom stereocenters. The number of carbonyl (C=O) groups excluding carboxylic acids is 2. The van der Waals surface area contributed by atoms with Gasteiger partial charge in [0.05, 0.1) is 28.4 Å². The highest BCUT2D eigenvalue weighted by molar-refractivity contribution is 5.91. The molecule has 0 saturated heterocycles. The van der Waals surface area contributed by atoms with Crippen molar-refractivity contribution in [1.29, 1.82) is 0 Å². The highest BCUT2D eigenvalue weighted by Gasteiger charge is 2.39. The fourth-order valence-corrected chi connectivity index (χ4v) is 5.81. The Hall–Kier alpha value is -4.60. The van der Waals surface area contributed by atoms with E-state index in [1.807, 2.05) is 36.4 Å². The molecule has 2 amide bonds. The van der Waals surface area contributed by atoms with Crippen molar-refractivity contribution >= 4 is 11.8 Å². The lowest BCUT2D eigenvalue weighted by molar-refractivity contribution is -0.149. The number of benzene rings is 3. The lowest BCUT2D eigenvalue weighted by atomic mass is 9.94. The molecule has 1 N–H and O–H groups in total. The summed E-state index contributed by atoms with van der Waals surface area (Å²) < 4.78 is 34.2. The summed E-state index contributed by atoms with van der Waals surface area (Å²) in [6.45, 7) is 0.116. The normalized spacial score (nSPS) is 16.8. The van der Waals surface area contributed by atoms with E-state index in [-0.39, 0.29) is 25.1 Å². The van der Waals surface area contributed by atoms with E-state index in [1.165, 1.54) is 21.3 Å². The minimum absolute atomic E-state index is 0.00117. The third-order valence-corrected chi connectivity index (χ3v) is 8.09. The van der Waals surface area contributed by atoms with Crippen molar-refractivity contribution in [3.05, 3.63) is 71.8 Å². The third kappa shape index (κ3) is 6.79. The SMILES string of the molecule is COc1ccc(CN(C(=O)[C@@H]2COc3ccccc3O2)[C@@H](C(=O)NC2CCCCC2)c2cc(OC)c(OC)c(OC)c2)cc1. The Balaban J connectivity index is 1.59. The Morgan fingerprint density at radius 2 is 1.52 bits per heavy atom. The second kappa shape index (κ2) is 14.2. The van der Waals surface area contributed by atoms with Gasteiger partial charge in [-0.05, 0) is 60.4 Å². The minimum atomic E-state index is -1.05. The van der Waals surface area contributed by atoms with Gasteiger partial charge in [-0.1, -0.05) is 43.5 Å². The van der Waals surface area contributed by atoms with Crippen LogP contribution in [-0.2, 0) is 16.1 Å². The highest BCUT2D eigenvalue weighted by atomic mass is 16.6. The first-order valence-electron chi connectivity index (χ1n) is 14.9. The van der Waals surface area contributed by atoms with E-state index in [1.54, 1.807) is 36.3 Å². The average molecular weight is 605 g/mol. The van der Waals surface area contributed by atoms with Gasteiger partial charge in [-0.15, -0.1) is 0 Å². The Bertz CT molecular complexity index is 1410. The lowest BCUT2D eigenvalue weighted by Gasteiger charge is -2.36. The molecule has 0 bridgehead atoms. The molecule has 0 aromatic heterocycles. The largest absolute Gasteiger partial charge is 0.497 e. The Labute approximate surface area is 258 Å². The van der Waals surface area contributed by atoms with Gasteiger partial charge in [0, 0.05) is 12.6 Å². The monoisotopic (exact) mass is 604 g/mol. The maximum Gasteiger partial charge on any atom is 0.268 e. The molecule has 1 heterocycles. The van der Waals surface area contributed by atoms with Crippen LogP contribution in [0, 0.1) is 0 Å². The molecule has 2 aliphatic rings. The van der Waals surface area contributed by atoms with Crippen molar-refractivity contribution in [3.63, 3.8) is 0 Å². The van der Waals surface area contributed by atoms with Gasteiger partial charge in [0.25, 0.3) is 5.91 Å². The highest BCUT2D eigenvalue weighted by Crippen LogP contribution is 2.42. The number of hydrogen-bond donors (Lipinski definition) is 1. The van der Waals surface area contributed by atoms with Gasteiger partial charge < -0.3 is 38.6 Å².